The molecule has 0 saturated carbocycles. The summed E-state index contributed by atoms with van der Waals surface area (Å²) in [6, 6.07) is 13.8. The topological polar surface area (TPSA) is 58.1 Å². The summed E-state index contributed by atoms with van der Waals surface area (Å²) >= 11 is 0. The Kier molecular flexibility index (Phi) is 5.26. The number of anilines is 2. The highest BCUT2D eigenvalue weighted by molar-refractivity contribution is 5.89. The van der Waals surface area contributed by atoms with Crippen molar-refractivity contribution in [1.82, 2.24) is 10.2 Å². The van der Waals surface area contributed by atoms with E-state index in [1.165, 1.54) is 5.56 Å². The van der Waals surface area contributed by atoms with E-state index in [0.717, 1.165) is 18.8 Å². The molecule has 1 N–H and O–H groups in total. The number of nitrogens with one attached hydrogen (secondary N) is 1. The number of hydrogen-bond acceptors (Lipinski definition) is 4. The zero-order chi connectivity index (χ0) is 15.1. The molecule has 5 heteroatoms. The molecule has 110 valence electrons. The Hall–Kier alpha value is -2.43. The maximum Gasteiger partial charge on any atom is 0.225 e. The first-order valence-corrected chi connectivity index (χ1v) is 7.07. The van der Waals surface area contributed by atoms with Crippen molar-refractivity contribution in [2.75, 3.05) is 17.3 Å². The fourth-order valence-corrected chi connectivity index (χ4v) is 1.97. The van der Waals surface area contributed by atoms with Gasteiger partial charge in [-0.15, -0.1) is 10.2 Å². The van der Waals surface area contributed by atoms with E-state index in [1.54, 1.807) is 6.07 Å². The Morgan fingerprint density at radius 1 is 1.14 bits per heavy atom. The third kappa shape index (κ3) is 4.56. The van der Waals surface area contributed by atoms with E-state index >= 15 is 0 Å². The number of nitrogens with zero attached hydrogens (tertiary/aromatic N) is 3. The van der Waals surface area contributed by atoms with Crippen molar-refractivity contribution >= 4 is 17.5 Å². The van der Waals surface area contributed by atoms with Crippen molar-refractivity contribution in [3.05, 3.63) is 48.0 Å². The normalized spacial score (nSPS) is 10.2. The number of carbonyl (C=O) groups excluding carboxylic acids is 1. The molecule has 1 heterocycles. The maximum atomic E-state index is 11.5. The average molecular weight is 284 g/mol. The lowest BCUT2D eigenvalue weighted by molar-refractivity contribution is -0.116. The van der Waals surface area contributed by atoms with Crippen LogP contribution in [-0.4, -0.2) is 23.2 Å². The highest BCUT2D eigenvalue weighted by Gasteiger charge is 2.06. The molecule has 0 atom stereocenters. The second kappa shape index (κ2) is 7.38. The molecule has 5 nitrogen and oxygen atoms in total. The molecule has 0 bridgehead atoms. The van der Waals surface area contributed by atoms with Gasteiger partial charge in [-0.2, -0.15) is 0 Å². The molecule has 0 aliphatic heterocycles. The number of benzene rings is 1. The number of rotatable bonds is 6. The van der Waals surface area contributed by atoms with Crippen molar-refractivity contribution in [2.45, 2.75) is 26.3 Å². The standard InChI is InChI=1S/C16H20N4O/c1-3-7-16(21)17-14-10-11-15(19-18-14)20(2)12-13-8-5-4-6-9-13/h4-6,8-11H,3,7,12H2,1-2H3,(H,17,18,21). The molecule has 1 aromatic carbocycles. The molecule has 0 aliphatic rings. The van der Waals surface area contributed by atoms with Gasteiger partial charge < -0.3 is 10.2 Å². The molecule has 0 saturated heterocycles. The number of amides is 1. The van der Waals surface area contributed by atoms with Gasteiger partial charge in [-0.05, 0) is 24.1 Å². The van der Waals surface area contributed by atoms with E-state index in [2.05, 4.69) is 27.6 Å². The van der Waals surface area contributed by atoms with Crippen LogP contribution in [0.3, 0.4) is 0 Å². The van der Waals surface area contributed by atoms with Crippen LogP contribution in [0.2, 0.25) is 0 Å². The first kappa shape index (κ1) is 15.0. The predicted octanol–water partition coefficient (Wildman–Crippen LogP) is 2.85. The first-order chi connectivity index (χ1) is 10.2. The molecule has 1 aromatic heterocycles. The zero-order valence-electron chi connectivity index (χ0n) is 12.4. The lowest BCUT2D eigenvalue weighted by atomic mass is 10.2. The largest absolute Gasteiger partial charge is 0.354 e. The highest BCUT2D eigenvalue weighted by Crippen LogP contribution is 2.13. The second-order valence-corrected chi connectivity index (χ2v) is 4.92. The molecular formula is C16H20N4O. The van der Waals surface area contributed by atoms with E-state index in [4.69, 9.17) is 0 Å². The smallest absolute Gasteiger partial charge is 0.225 e. The van der Waals surface area contributed by atoms with Crippen LogP contribution in [0.4, 0.5) is 11.6 Å². The van der Waals surface area contributed by atoms with Crippen LogP contribution in [0.25, 0.3) is 0 Å². The quantitative estimate of drug-likeness (QED) is 0.886. The predicted molar refractivity (Wildman–Crippen MR) is 84.1 cm³/mol. The lowest BCUT2D eigenvalue weighted by Gasteiger charge is -2.17. The van der Waals surface area contributed by atoms with Gasteiger partial charge in [-0.3, -0.25) is 4.79 Å². The van der Waals surface area contributed by atoms with Gasteiger partial charge in [0.25, 0.3) is 0 Å². The van der Waals surface area contributed by atoms with Gasteiger partial charge in [0.1, 0.15) is 0 Å². The van der Waals surface area contributed by atoms with Crippen molar-refractivity contribution in [3.63, 3.8) is 0 Å². The molecule has 1 amide bonds. The third-order valence-corrected chi connectivity index (χ3v) is 3.05. The van der Waals surface area contributed by atoms with Crippen molar-refractivity contribution in [2.24, 2.45) is 0 Å². The van der Waals surface area contributed by atoms with Gasteiger partial charge in [0.2, 0.25) is 5.91 Å². The molecule has 21 heavy (non-hydrogen) atoms. The van der Waals surface area contributed by atoms with Crippen molar-refractivity contribution < 1.29 is 4.79 Å². The van der Waals surface area contributed by atoms with Crippen LogP contribution < -0.4 is 10.2 Å². The van der Waals surface area contributed by atoms with Crippen LogP contribution in [0.1, 0.15) is 25.3 Å². The lowest BCUT2D eigenvalue weighted by Crippen LogP contribution is -2.19. The Morgan fingerprint density at radius 2 is 1.90 bits per heavy atom. The average Bonchev–Trinajstić information content (AvgIpc) is 2.49. The summed E-state index contributed by atoms with van der Waals surface area (Å²) in [6.07, 6.45) is 1.31. The van der Waals surface area contributed by atoms with E-state index in [9.17, 15) is 4.79 Å². The summed E-state index contributed by atoms with van der Waals surface area (Å²) in [7, 11) is 1.96. The molecule has 0 unspecified atom stereocenters. The van der Waals surface area contributed by atoms with Crippen molar-refractivity contribution in [3.8, 4) is 0 Å². The minimum Gasteiger partial charge on any atom is -0.354 e. The van der Waals surface area contributed by atoms with E-state index in [-0.39, 0.29) is 5.91 Å². The summed E-state index contributed by atoms with van der Waals surface area (Å²) < 4.78 is 0. The highest BCUT2D eigenvalue weighted by atomic mass is 16.1. The molecule has 0 fully saturated rings. The van der Waals surface area contributed by atoms with Crippen LogP contribution >= 0.6 is 0 Å². The summed E-state index contributed by atoms with van der Waals surface area (Å²) in [4.78, 5) is 13.5. The van der Waals surface area contributed by atoms with Crippen LogP contribution in [0.5, 0.6) is 0 Å². The minimum absolute atomic E-state index is 0.0304. The van der Waals surface area contributed by atoms with Crippen molar-refractivity contribution in [1.29, 1.82) is 0 Å². The fourth-order valence-electron chi connectivity index (χ4n) is 1.97. The molecule has 0 aliphatic carbocycles. The summed E-state index contributed by atoms with van der Waals surface area (Å²) in [6.45, 7) is 2.73. The summed E-state index contributed by atoms with van der Waals surface area (Å²) in [5.41, 5.74) is 1.21. The monoisotopic (exact) mass is 284 g/mol. The van der Waals surface area contributed by atoms with E-state index < -0.39 is 0 Å². The number of aromatic nitrogens is 2. The molecular weight excluding hydrogens is 264 g/mol. The third-order valence-electron chi connectivity index (χ3n) is 3.05. The zero-order valence-corrected chi connectivity index (χ0v) is 12.4. The van der Waals surface area contributed by atoms with Crippen LogP contribution in [0.15, 0.2) is 42.5 Å². The van der Waals surface area contributed by atoms with Gasteiger partial charge in [-0.25, -0.2) is 0 Å². The molecule has 2 rings (SSSR count). The SMILES string of the molecule is CCCC(=O)Nc1ccc(N(C)Cc2ccccc2)nn1. The first-order valence-electron chi connectivity index (χ1n) is 7.07. The van der Waals surface area contributed by atoms with Crippen LogP contribution in [0, 0.1) is 0 Å². The van der Waals surface area contributed by atoms with Gasteiger partial charge in [-0.1, -0.05) is 37.3 Å². The van der Waals surface area contributed by atoms with E-state index in [0.29, 0.717) is 12.2 Å². The van der Waals surface area contributed by atoms with Gasteiger partial charge in [0.15, 0.2) is 11.6 Å². The maximum absolute atomic E-state index is 11.5. The second-order valence-electron chi connectivity index (χ2n) is 4.92. The summed E-state index contributed by atoms with van der Waals surface area (Å²) in [5, 5.41) is 10.9. The number of carbonyl (C=O) groups is 1. The van der Waals surface area contributed by atoms with Crippen LogP contribution in [-0.2, 0) is 11.3 Å². The van der Waals surface area contributed by atoms with E-state index in [1.807, 2.05) is 43.1 Å². The molecule has 2 aromatic rings. The Morgan fingerprint density at radius 3 is 2.52 bits per heavy atom. The van der Waals surface area contributed by atoms with Gasteiger partial charge >= 0.3 is 0 Å². The molecule has 0 spiro atoms. The Balaban J connectivity index is 1.96. The Bertz CT molecular complexity index is 569. The number of hydrogen-bond donors (Lipinski definition) is 1. The minimum atomic E-state index is -0.0304. The fraction of sp³-hybridized carbons (Fsp3) is 0.312. The summed E-state index contributed by atoms with van der Waals surface area (Å²) in [5.74, 6) is 1.23. The van der Waals surface area contributed by atoms with Gasteiger partial charge in [0, 0.05) is 20.0 Å². The Labute approximate surface area is 125 Å². The van der Waals surface area contributed by atoms with Gasteiger partial charge in [0.05, 0.1) is 0 Å². The molecule has 0 radical (unpaired) electrons.